The molecule has 90 valence electrons. The molecule has 1 aromatic rings. The van der Waals surface area contributed by atoms with Gasteiger partial charge in [-0.1, -0.05) is 42.1 Å². The van der Waals surface area contributed by atoms with E-state index >= 15 is 0 Å². The maximum Gasteiger partial charge on any atom is 0.336 e. The van der Waals surface area contributed by atoms with Gasteiger partial charge >= 0.3 is 5.97 Å². The van der Waals surface area contributed by atoms with E-state index in [-0.39, 0.29) is 5.12 Å². The highest BCUT2D eigenvalue weighted by molar-refractivity contribution is 8.13. The van der Waals surface area contributed by atoms with Gasteiger partial charge in [0.25, 0.3) is 0 Å². The van der Waals surface area contributed by atoms with Gasteiger partial charge in [-0.15, -0.1) is 0 Å². The summed E-state index contributed by atoms with van der Waals surface area (Å²) >= 11 is 1.20. The molecule has 0 unspecified atom stereocenters. The van der Waals surface area contributed by atoms with Crippen LogP contribution in [0.3, 0.4) is 0 Å². The van der Waals surface area contributed by atoms with Crippen LogP contribution in [0.25, 0.3) is 6.08 Å². The highest BCUT2D eigenvalue weighted by atomic mass is 32.2. The third-order valence-corrected chi connectivity index (χ3v) is 2.96. The van der Waals surface area contributed by atoms with Crippen molar-refractivity contribution in [1.29, 1.82) is 0 Å². The topological polar surface area (TPSA) is 54.4 Å². The fourth-order valence-electron chi connectivity index (χ4n) is 1.46. The number of thioether (sulfide) groups is 1. The monoisotopic (exact) mass is 250 g/mol. The van der Waals surface area contributed by atoms with Crippen LogP contribution >= 0.6 is 11.8 Å². The van der Waals surface area contributed by atoms with E-state index in [4.69, 9.17) is 5.11 Å². The van der Waals surface area contributed by atoms with Crippen molar-refractivity contribution in [2.75, 3.05) is 5.75 Å². The molecule has 0 atom stereocenters. The summed E-state index contributed by atoms with van der Waals surface area (Å²) in [5.74, 6) is -0.371. The predicted octanol–water partition coefficient (Wildman–Crippen LogP) is 2.99. The fraction of sp³-hybridized carbons (Fsp3) is 0.231. The molecule has 3 nitrogen and oxygen atoms in total. The van der Waals surface area contributed by atoms with Gasteiger partial charge in [0.2, 0.25) is 0 Å². The summed E-state index contributed by atoms with van der Waals surface area (Å²) < 4.78 is 0. The number of carbonyl (C=O) groups is 2. The van der Waals surface area contributed by atoms with E-state index in [0.717, 1.165) is 5.56 Å². The van der Waals surface area contributed by atoms with Crippen LogP contribution in [0.4, 0.5) is 0 Å². The third kappa shape index (κ3) is 4.07. The minimum Gasteiger partial charge on any atom is -0.478 e. The maximum atomic E-state index is 11.1. The van der Waals surface area contributed by atoms with Gasteiger partial charge in [-0.05, 0) is 18.1 Å². The first kappa shape index (κ1) is 13.5. The first-order valence-electron chi connectivity index (χ1n) is 5.15. The minimum absolute atomic E-state index is 0.0531. The lowest BCUT2D eigenvalue weighted by atomic mass is 10.0. The molecule has 0 aliphatic carbocycles. The number of carbonyl (C=O) groups excluding carboxylic acids is 1. The molecule has 0 bridgehead atoms. The predicted molar refractivity (Wildman–Crippen MR) is 70.3 cm³/mol. The number of rotatable bonds is 4. The van der Waals surface area contributed by atoms with E-state index in [1.54, 1.807) is 31.2 Å². The number of carboxylic acid groups (broad SMARTS) is 1. The summed E-state index contributed by atoms with van der Waals surface area (Å²) in [6.07, 6.45) is 3.54. The molecule has 0 saturated carbocycles. The van der Waals surface area contributed by atoms with Gasteiger partial charge in [0.15, 0.2) is 5.12 Å². The normalized spacial score (nSPS) is 10.7. The smallest absolute Gasteiger partial charge is 0.336 e. The summed E-state index contributed by atoms with van der Waals surface area (Å²) in [5, 5.41) is 9.15. The van der Waals surface area contributed by atoms with Crippen LogP contribution in [-0.4, -0.2) is 21.9 Å². The molecule has 17 heavy (non-hydrogen) atoms. The van der Waals surface area contributed by atoms with Crippen LogP contribution in [0.2, 0.25) is 0 Å². The molecule has 1 rings (SSSR count). The van der Waals surface area contributed by atoms with Gasteiger partial charge in [-0.25, -0.2) is 4.79 Å². The van der Waals surface area contributed by atoms with Crippen LogP contribution in [0.1, 0.15) is 28.4 Å². The maximum absolute atomic E-state index is 11.1. The van der Waals surface area contributed by atoms with Crippen molar-refractivity contribution >= 4 is 28.9 Å². The summed E-state index contributed by atoms with van der Waals surface area (Å²) in [5.41, 5.74) is 1.72. The lowest BCUT2D eigenvalue weighted by Gasteiger charge is -2.04. The van der Waals surface area contributed by atoms with Crippen molar-refractivity contribution in [2.24, 2.45) is 0 Å². The summed E-state index contributed by atoms with van der Waals surface area (Å²) in [7, 11) is 0. The average Bonchev–Trinajstić information content (AvgIpc) is 2.23. The fourth-order valence-corrected chi connectivity index (χ4v) is 1.89. The van der Waals surface area contributed by atoms with E-state index in [0.29, 0.717) is 16.9 Å². The van der Waals surface area contributed by atoms with Crippen LogP contribution in [-0.2, 0) is 4.79 Å². The second-order valence-corrected chi connectivity index (χ2v) is 4.75. The first-order chi connectivity index (χ1) is 8.02. The van der Waals surface area contributed by atoms with Crippen LogP contribution in [0.5, 0.6) is 0 Å². The van der Waals surface area contributed by atoms with E-state index in [9.17, 15) is 9.59 Å². The number of aromatic carboxylic acids is 1. The zero-order valence-electron chi connectivity index (χ0n) is 9.77. The van der Waals surface area contributed by atoms with Gasteiger partial charge in [0, 0.05) is 12.7 Å². The Hall–Kier alpha value is -1.55. The Labute approximate surface area is 105 Å². The molecule has 0 amide bonds. The van der Waals surface area contributed by atoms with E-state index in [1.807, 2.05) is 6.07 Å². The Morgan fingerprint density at radius 2 is 2.12 bits per heavy atom. The van der Waals surface area contributed by atoms with E-state index in [2.05, 4.69) is 0 Å². The molecule has 1 N–H and O–H groups in total. The molecule has 0 radical (unpaired) electrons. The SMILES string of the molecule is CC(=O)SCC=Cc1cccc(C)c1C(=O)O. The lowest BCUT2D eigenvalue weighted by molar-refractivity contribution is -0.109. The highest BCUT2D eigenvalue weighted by Crippen LogP contribution is 2.16. The first-order valence-corrected chi connectivity index (χ1v) is 6.13. The van der Waals surface area contributed by atoms with Crippen molar-refractivity contribution in [1.82, 2.24) is 0 Å². The van der Waals surface area contributed by atoms with Crippen molar-refractivity contribution in [3.8, 4) is 0 Å². The lowest BCUT2D eigenvalue weighted by Crippen LogP contribution is -2.02. The molecule has 1 aromatic carbocycles. The van der Waals surface area contributed by atoms with Crippen molar-refractivity contribution in [3.05, 3.63) is 41.0 Å². The Bertz CT molecular complexity index is 464. The van der Waals surface area contributed by atoms with Gasteiger partial charge in [-0.3, -0.25) is 4.79 Å². The largest absolute Gasteiger partial charge is 0.478 e. The molecular weight excluding hydrogens is 236 g/mol. The quantitative estimate of drug-likeness (QED) is 0.892. The zero-order valence-corrected chi connectivity index (χ0v) is 10.6. The second-order valence-electron chi connectivity index (χ2n) is 3.55. The Morgan fingerprint density at radius 3 is 2.71 bits per heavy atom. The molecule has 0 heterocycles. The number of hydrogen-bond donors (Lipinski definition) is 1. The molecule has 0 spiro atoms. The van der Waals surface area contributed by atoms with Crippen molar-refractivity contribution < 1.29 is 14.7 Å². The minimum atomic E-state index is -0.929. The van der Waals surface area contributed by atoms with Gasteiger partial charge in [0.05, 0.1) is 5.56 Å². The van der Waals surface area contributed by atoms with Crippen LogP contribution in [0.15, 0.2) is 24.3 Å². The Kier molecular flexibility index (Phi) is 4.97. The Balaban J connectivity index is 2.87. The van der Waals surface area contributed by atoms with E-state index < -0.39 is 5.97 Å². The molecule has 0 aliphatic heterocycles. The highest BCUT2D eigenvalue weighted by Gasteiger charge is 2.10. The van der Waals surface area contributed by atoms with Crippen molar-refractivity contribution in [2.45, 2.75) is 13.8 Å². The Morgan fingerprint density at radius 1 is 1.41 bits per heavy atom. The number of hydrogen-bond acceptors (Lipinski definition) is 3. The molecule has 4 heteroatoms. The summed E-state index contributed by atoms with van der Waals surface area (Å²) in [6.45, 7) is 3.28. The van der Waals surface area contributed by atoms with Crippen LogP contribution < -0.4 is 0 Å². The summed E-state index contributed by atoms with van der Waals surface area (Å²) in [4.78, 5) is 21.8. The average molecular weight is 250 g/mol. The summed E-state index contributed by atoms with van der Waals surface area (Å²) in [6, 6.07) is 5.34. The van der Waals surface area contributed by atoms with Gasteiger partial charge < -0.3 is 5.11 Å². The number of carboxylic acids is 1. The van der Waals surface area contributed by atoms with Crippen LogP contribution in [0, 0.1) is 6.92 Å². The molecule has 0 fully saturated rings. The zero-order chi connectivity index (χ0) is 12.8. The third-order valence-electron chi connectivity index (χ3n) is 2.20. The number of aryl methyl sites for hydroxylation is 1. The second kappa shape index (κ2) is 6.25. The molecule has 0 aromatic heterocycles. The molecule has 0 aliphatic rings. The molecule has 0 saturated heterocycles. The van der Waals surface area contributed by atoms with Gasteiger partial charge in [0.1, 0.15) is 0 Å². The van der Waals surface area contributed by atoms with Gasteiger partial charge in [-0.2, -0.15) is 0 Å². The van der Waals surface area contributed by atoms with E-state index in [1.165, 1.54) is 18.7 Å². The number of benzene rings is 1. The van der Waals surface area contributed by atoms with Crippen molar-refractivity contribution in [3.63, 3.8) is 0 Å². The standard InChI is InChI=1S/C13H14O3S/c1-9-5-3-6-11(12(9)13(15)16)7-4-8-17-10(2)14/h3-7H,8H2,1-2H3,(H,15,16). The molecular formula is C13H14O3S.